The summed E-state index contributed by atoms with van der Waals surface area (Å²) in [5.41, 5.74) is 5.92. The van der Waals surface area contributed by atoms with Crippen molar-refractivity contribution in [2.75, 3.05) is 18.5 Å². The minimum Gasteiger partial charge on any atom is -0.484 e. The summed E-state index contributed by atoms with van der Waals surface area (Å²) in [5.74, 6) is -0.146. The summed E-state index contributed by atoms with van der Waals surface area (Å²) < 4.78 is 41.6. The molecule has 1 aromatic rings. The van der Waals surface area contributed by atoms with Crippen molar-refractivity contribution in [2.45, 2.75) is 39.8 Å². The normalized spacial score (nSPS) is 12.1. The number of nitrogens with one attached hydrogen (secondary N) is 1. The van der Waals surface area contributed by atoms with Crippen LogP contribution in [0.3, 0.4) is 0 Å². The molecule has 23 heavy (non-hydrogen) atoms. The van der Waals surface area contributed by atoms with Crippen molar-refractivity contribution in [3.05, 3.63) is 23.8 Å². The molecule has 0 fully saturated rings. The fourth-order valence-corrected chi connectivity index (χ4v) is 2.27. The molecule has 1 amide bonds. The number of rotatable bonds is 7. The third kappa shape index (κ3) is 4.86. The molecule has 3 N–H and O–H groups in total. The third-order valence-electron chi connectivity index (χ3n) is 4.15. The van der Waals surface area contributed by atoms with E-state index < -0.39 is 18.2 Å². The topological polar surface area (TPSA) is 64.4 Å². The first-order chi connectivity index (χ1) is 10.7. The average molecular weight is 332 g/mol. The molecule has 0 unspecified atom stereocenters. The number of ether oxygens (including phenoxy) is 1. The highest BCUT2D eigenvalue weighted by molar-refractivity contribution is 5.96. The van der Waals surface area contributed by atoms with E-state index in [9.17, 15) is 18.0 Å². The van der Waals surface area contributed by atoms with Gasteiger partial charge in [-0.15, -0.1) is 0 Å². The van der Waals surface area contributed by atoms with Gasteiger partial charge < -0.3 is 15.8 Å². The summed E-state index contributed by atoms with van der Waals surface area (Å²) in [5, 5.41) is 2.76. The number of hydrogen-bond donors (Lipinski definition) is 2. The Bertz CT molecular complexity index is 532. The highest BCUT2D eigenvalue weighted by Crippen LogP contribution is 2.31. The second-order valence-corrected chi connectivity index (χ2v) is 5.48. The number of halogens is 3. The molecule has 130 valence electrons. The van der Waals surface area contributed by atoms with Gasteiger partial charge in [-0.2, -0.15) is 13.2 Å². The average Bonchev–Trinajstić information content (AvgIpc) is 2.49. The molecule has 0 spiro atoms. The van der Waals surface area contributed by atoms with Crippen LogP contribution in [0.4, 0.5) is 18.9 Å². The molecule has 0 heterocycles. The summed E-state index contributed by atoms with van der Waals surface area (Å²) in [7, 11) is 0. The van der Waals surface area contributed by atoms with Gasteiger partial charge in [-0.25, -0.2) is 0 Å². The summed E-state index contributed by atoms with van der Waals surface area (Å²) in [6.45, 7) is 4.19. The number of benzene rings is 1. The van der Waals surface area contributed by atoms with Gasteiger partial charge in [0.2, 0.25) is 5.91 Å². The van der Waals surface area contributed by atoms with Gasteiger partial charge >= 0.3 is 6.18 Å². The number of amides is 1. The zero-order valence-corrected chi connectivity index (χ0v) is 13.6. The standard InChI is InChI=1S/C16H23F3N2O2/c1-4-15(5-2,9-20)14(22)21-12-7-6-8-13(11(12)3)23-10-16(17,18)19/h6-8H,4-5,9-10,20H2,1-3H3,(H,21,22). The minimum absolute atomic E-state index is 0.0893. The maximum atomic E-state index is 12.5. The molecule has 1 aromatic carbocycles. The third-order valence-corrected chi connectivity index (χ3v) is 4.15. The fraction of sp³-hybridized carbons (Fsp3) is 0.562. The highest BCUT2D eigenvalue weighted by Gasteiger charge is 2.34. The monoisotopic (exact) mass is 332 g/mol. The van der Waals surface area contributed by atoms with Gasteiger partial charge in [0.05, 0.1) is 5.41 Å². The Morgan fingerprint density at radius 2 is 1.87 bits per heavy atom. The van der Waals surface area contributed by atoms with Crippen LogP contribution in [0, 0.1) is 12.3 Å². The molecule has 4 nitrogen and oxygen atoms in total. The smallest absolute Gasteiger partial charge is 0.422 e. The molecule has 0 aliphatic carbocycles. The first kappa shape index (κ1) is 19.3. The highest BCUT2D eigenvalue weighted by atomic mass is 19.4. The molecule has 1 rings (SSSR count). The van der Waals surface area contributed by atoms with E-state index in [0.717, 1.165) is 0 Å². The van der Waals surface area contributed by atoms with Crippen LogP contribution in [0.5, 0.6) is 5.75 Å². The van der Waals surface area contributed by atoms with Crippen LogP contribution >= 0.6 is 0 Å². The van der Waals surface area contributed by atoms with E-state index in [1.807, 2.05) is 13.8 Å². The lowest BCUT2D eigenvalue weighted by Crippen LogP contribution is -2.41. The van der Waals surface area contributed by atoms with Gasteiger partial charge in [0.15, 0.2) is 6.61 Å². The van der Waals surface area contributed by atoms with Crippen LogP contribution in [0.2, 0.25) is 0 Å². The summed E-state index contributed by atoms with van der Waals surface area (Å²) >= 11 is 0. The fourth-order valence-electron chi connectivity index (χ4n) is 2.27. The Kier molecular flexibility index (Phi) is 6.44. The Morgan fingerprint density at radius 3 is 2.35 bits per heavy atom. The number of nitrogens with two attached hydrogens (primary N) is 1. The molecule has 0 saturated carbocycles. The number of carbonyl (C=O) groups excluding carboxylic acids is 1. The lowest BCUT2D eigenvalue weighted by molar-refractivity contribution is -0.153. The van der Waals surface area contributed by atoms with E-state index in [0.29, 0.717) is 24.1 Å². The molecule has 0 aromatic heterocycles. The number of alkyl halides is 3. The van der Waals surface area contributed by atoms with Crippen molar-refractivity contribution in [3.63, 3.8) is 0 Å². The number of hydrogen-bond acceptors (Lipinski definition) is 3. The van der Waals surface area contributed by atoms with Gasteiger partial charge in [0, 0.05) is 17.8 Å². The first-order valence-electron chi connectivity index (χ1n) is 7.49. The van der Waals surface area contributed by atoms with Crippen LogP contribution in [0.25, 0.3) is 0 Å². The molecule has 7 heteroatoms. The Morgan fingerprint density at radius 1 is 1.26 bits per heavy atom. The van der Waals surface area contributed by atoms with Crippen molar-refractivity contribution in [2.24, 2.45) is 11.1 Å². The van der Waals surface area contributed by atoms with Gasteiger partial charge in [-0.1, -0.05) is 19.9 Å². The van der Waals surface area contributed by atoms with Gasteiger partial charge in [-0.05, 0) is 31.9 Å². The second kappa shape index (κ2) is 7.68. The maximum Gasteiger partial charge on any atom is 0.422 e. The van der Waals surface area contributed by atoms with Gasteiger partial charge in [-0.3, -0.25) is 4.79 Å². The van der Waals surface area contributed by atoms with Gasteiger partial charge in [0.1, 0.15) is 5.75 Å². The predicted molar refractivity (Wildman–Crippen MR) is 83.4 cm³/mol. The largest absolute Gasteiger partial charge is 0.484 e. The summed E-state index contributed by atoms with van der Waals surface area (Å²) in [4.78, 5) is 12.5. The van der Waals surface area contributed by atoms with Gasteiger partial charge in [0.25, 0.3) is 0 Å². The van der Waals surface area contributed by atoms with E-state index >= 15 is 0 Å². The van der Waals surface area contributed by atoms with E-state index in [2.05, 4.69) is 5.32 Å². The van der Waals surface area contributed by atoms with Crippen LogP contribution in [-0.4, -0.2) is 25.2 Å². The summed E-state index contributed by atoms with van der Waals surface area (Å²) in [6, 6.07) is 4.60. The lowest BCUT2D eigenvalue weighted by Gasteiger charge is -2.29. The Hall–Kier alpha value is -1.76. The van der Waals surface area contributed by atoms with E-state index in [1.54, 1.807) is 13.0 Å². The van der Waals surface area contributed by atoms with E-state index in [4.69, 9.17) is 10.5 Å². The van der Waals surface area contributed by atoms with Crippen LogP contribution in [0.15, 0.2) is 18.2 Å². The second-order valence-electron chi connectivity index (χ2n) is 5.48. The summed E-state index contributed by atoms with van der Waals surface area (Å²) in [6.07, 6.45) is -3.25. The zero-order chi connectivity index (χ0) is 17.7. The molecule has 0 aliphatic heterocycles. The molecular weight excluding hydrogens is 309 g/mol. The lowest BCUT2D eigenvalue weighted by atomic mass is 9.81. The van der Waals surface area contributed by atoms with Crippen molar-refractivity contribution in [1.82, 2.24) is 0 Å². The first-order valence-corrected chi connectivity index (χ1v) is 7.49. The number of carbonyl (C=O) groups is 1. The van der Waals surface area contributed by atoms with Crippen LogP contribution in [-0.2, 0) is 4.79 Å². The number of anilines is 1. The SMILES string of the molecule is CCC(CC)(CN)C(=O)Nc1cccc(OCC(F)(F)F)c1C. The van der Waals surface area contributed by atoms with Crippen LogP contribution in [0.1, 0.15) is 32.3 Å². The van der Waals surface area contributed by atoms with Crippen molar-refractivity contribution < 1.29 is 22.7 Å². The Labute approximate surface area is 134 Å². The van der Waals surface area contributed by atoms with Crippen molar-refractivity contribution in [3.8, 4) is 5.75 Å². The quantitative estimate of drug-likeness (QED) is 0.801. The molecule has 0 radical (unpaired) electrons. The molecule has 0 aliphatic rings. The van der Waals surface area contributed by atoms with Crippen LogP contribution < -0.4 is 15.8 Å². The van der Waals surface area contributed by atoms with E-state index in [-0.39, 0.29) is 18.2 Å². The van der Waals surface area contributed by atoms with Crippen molar-refractivity contribution in [1.29, 1.82) is 0 Å². The molecule has 0 saturated heterocycles. The molecule has 0 atom stereocenters. The predicted octanol–water partition coefficient (Wildman–Crippen LogP) is 3.64. The maximum absolute atomic E-state index is 12.5. The molecule has 0 bridgehead atoms. The van der Waals surface area contributed by atoms with E-state index in [1.165, 1.54) is 12.1 Å². The van der Waals surface area contributed by atoms with Crippen molar-refractivity contribution >= 4 is 11.6 Å². The zero-order valence-electron chi connectivity index (χ0n) is 13.6. The molecular formula is C16H23F3N2O2. The Balaban J connectivity index is 2.95. The minimum atomic E-state index is -4.41.